The average Bonchev–Trinajstić information content (AvgIpc) is 2.08. The van der Waals surface area contributed by atoms with Crippen LogP contribution < -0.4 is 0 Å². The Bertz CT molecular complexity index is 299. The molecule has 3 heteroatoms. The van der Waals surface area contributed by atoms with Gasteiger partial charge < -0.3 is 5.11 Å². The molecule has 0 amide bonds. The van der Waals surface area contributed by atoms with Crippen molar-refractivity contribution in [3.05, 3.63) is 46.7 Å². The van der Waals surface area contributed by atoms with Gasteiger partial charge in [0, 0.05) is 5.56 Å². The fraction of sp³-hybridized carbons (Fsp3) is 0.111. The van der Waals surface area contributed by atoms with Gasteiger partial charge in [-0.25, -0.2) is 4.39 Å². The number of benzene rings is 1. The summed E-state index contributed by atoms with van der Waals surface area (Å²) in [6.07, 6.45) is 0.340. The van der Waals surface area contributed by atoms with E-state index >= 15 is 0 Å². The van der Waals surface area contributed by atoms with E-state index in [4.69, 9.17) is 0 Å². The summed E-state index contributed by atoms with van der Waals surface area (Å²) in [6, 6.07) is 4.76. The Balaban J connectivity index is 3.15. The first kappa shape index (κ1) is 9.42. The fourth-order valence-corrected chi connectivity index (χ4v) is 1.26. The molecule has 1 rings (SSSR count). The molecule has 0 saturated carbocycles. The summed E-state index contributed by atoms with van der Waals surface area (Å²) in [7, 11) is 0. The van der Waals surface area contributed by atoms with E-state index in [1.54, 1.807) is 12.1 Å². The highest BCUT2D eigenvalue weighted by Crippen LogP contribution is 2.23. The molecule has 0 aliphatic heterocycles. The van der Waals surface area contributed by atoms with Gasteiger partial charge in [-0.15, -0.1) is 6.58 Å². The van der Waals surface area contributed by atoms with E-state index in [0.717, 1.165) is 0 Å². The van der Waals surface area contributed by atoms with Gasteiger partial charge in [0.05, 0.1) is 10.6 Å². The zero-order valence-corrected chi connectivity index (χ0v) is 7.88. The van der Waals surface area contributed by atoms with E-state index in [9.17, 15) is 9.50 Å². The Morgan fingerprint density at radius 1 is 1.58 bits per heavy atom. The van der Waals surface area contributed by atoms with Crippen molar-refractivity contribution in [2.45, 2.75) is 6.10 Å². The van der Waals surface area contributed by atoms with Crippen molar-refractivity contribution in [1.29, 1.82) is 0 Å². The summed E-state index contributed by atoms with van der Waals surface area (Å²) in [5.41, 5.74) is 0.236. The highest BCUT2D eigenvalue weighted by atomic mass is 79.9. The summed E-state index contributed by atoms with van der Waals surface area (Å²) < 4.78 is 13.5. The minimum Gasteiger partial charge on any atom is -0.384 e. The molecule has 0 aromatic heterocycles. The lowest BCUT2D eigenvalue weighted by Gasteiger charge is -2.07. The van der Waals surface area contributed by atoms with E-state index in [1.807, 2.05) is 0 Å². The monoisotopic (exact) mass is 230 g/mol. The molecule has 1 aromatic carbocycles. The van der Waals surface area contributed by atoms with Crippen molar-refractivity contribution in [1.82, 2.24) is 0 Å². The van der Waals surface area contributed by atoms with Crippen molar-refractivity contribution in [3.8, 4) is 0 Å². The van der Waals surface area contributed by atoms with Crippen molar-refractivity contribution in [3.63, 3.8) is 0 Å². The van der Waals surface area contributed by atoms with Crippen LogP contribution >= 0.6 is 15.9 Å². The summed E-state index contributed by atoms with van der Waals surface area (Å²) in [5, 5.41) is 9.26. The first-order valence-corrected chi connectivity index (χ1v) is 4.20. The predicted octanol–water partition coefficient (Wildman–Crippen LogP) is 2.81. The normalized spacial score (nSPS) is 12.6. The maximum absolute atomic E-state index is 13.2. The second kappa shape index (κ2) is 3.83. The number of rotatable bonds is 2. The van der Waals surface area contributed by atoms with Crippen LogP contribution in [0.1, 0.15) is 11.7 Å². The third-order valence-corrected chi connectivity index (χ3v) is 2.14. The number of halogens is 2. The molecule has 0 bridgehead atoms. The van der Waals surface area contributed by atoms with E-state index in [2.05, 4.69) is 22.5 Å². The molecule has 0 saturated heterocycles. The second-order valence-electron chi connectivity index (χ2n) is 2.32. The Morgan fingerprint density at radius 3 is 2.83 bits per heavy atom. The molecule has 1 unspecified atom stereocenters. The van der Waals surface area contributed by atoms with E-state index in [-0.39, 0.29) is 5.56 Å². The zero-order valence-electron chi connectivity index (χ0n) is 6.30. The summed E-state index contributed by atoms with van der Waals surface area (Å²) >= 11 is 3.02. The van der Waals surface area contributed by atoms with Crippen LogP contribution in [-0.2, 0) is 0 Å². The van der Waals surface area contributed by atoms with Crippen LogP contribution in [0.15, 0.2) is 35.3 Å². The van der Waals surface area contributed by atoms with Gasteiger partial charge in [0.2, 0.25) is 0 Å². The Hall–Kier alpha value is -0.670. The second-order valence-corrected chi connectivity index (χ2v) is 3.18. The Kier molecular flexibility index (Phi) is 3.00. The SMILES string of the molecule is C=CC(O)c1cccc(Br)c1F. The molecule has 0 aliphatic carbocycles. The standard InChI is InChI=1S/C9H8BrFO/c1-2-8(12)6-4-3-5-7(10)9(6)11/h2-5,8,12H,1H2. The lowest BCUT2D eigenvalue weighted by atomic mass is 10.1. The van der Waals surface area contributed by atoms with Gasteiger partial charge in [0.25, 0.3) is 0 Å². The van der Waals surface area contributed by atoms with Gasteiger partial charge in [0.15, 0.2) is 0 Å². The molecule has 0 heterocycles. The van der Waals surface area contributed by atoms with Gasteiger partial charge in [0.1, 0.15) is 5.82 Å². The summed E-state index contributed by atoms with van der Waals surface area (Å²) in [5.74, 6) is -0.440. The molecule has 1 nitrogen and oxygen atoms in total. The molecular weight excluding hydrogens is 223 g/mol. The van der Waals surface area contributed by atoms with Gasteiger partial charge in [-0.05, 0) is 22.0 Å². The maximum atomic E-state index is 13.2. The van der Waals surface area contributed by atoms with Crippen LogP contribution in [0.4, 0.5) is 4.39 Å². The van der Waals surface area contributed by atoms with Crippen molar-refractivity contribution < 1.29 is 9.50 Å². The van der Waals surface area contributed by atoms with Crippen LogP contribution in [-0.4, -0.2) is 5.11 Å². The largest absolute Gasteiger partial charge is 0.384 e. The molecule has 0 aliphatic rings. The number of hydrogen-bond acceptors (Lipinski definition) is 1. The molecule has 1 N–H and O–H groups in total. The molecule has 0 radical (unpaired) electrons. The molecular formula is C9H8BrFO. The van der Waals surface area contributed by atoms with Crippen molar-refractivity contribution >= 4 is 15.9 Å². The number of aliphatic hydroxyl groups is 1. The molecule has 12 heavy (non-hydrogen) atoms. The van der Waals surface area contributed by atoms with Crippen LogP contribution in [0.5, 0.6) is 0 Å². The smallest absolute Gasteiger partial charge is 0.143 e. The first-order valence-electron chi connectivity index (χ1n) is 3.41. The minimum absolute atomic E-state index is 0.236. The predicted molar refractivity (Wildman–Crippen MR) is 49.3 cm³/mol. The summed E-state index contributed by atoms with van der Waals surface area (Å²) in [6.45, 7) is 3.38. The molecule has 0 spiro atoms. The molecule has 1 aromatic rings. The quantitative estimate of drug-likeness (QED) is 0.776. The first-order chi connectivity index (χ1) is 5.66. The lowest BCUT2D eigenvalue weighted by Crippen LogP contribution is -1.96. The summed E-state index contributed by atoms with van der Waals surface area (Å²) in [4.78, 5) is 0. The van der Waals surface area contributed by atoms with Crippen molar-refractivity contribution in [2.75, 3.05) is 0 Å². The third-order valence-electron chi connectivity index (χ3n) is 1.52. The molecule has 64 valence electrons. The fourth-order valence-electron chi connectivity index (χ4n) is 0.876. The van der Waals surface area contributed by atoms with E-state index < -0.39 is 11.9 Å². The topological polar surface area (TPSA) is 20.2 Å². The van der Waals surface area contributed by atoms with Crippen molar-refractivity contribution in [2.24, 2.45) is 0 Å². The minimum atomic E-state index is -0.942. The van der Waals surface area contributed by atoms with Gasteiger partial charge in [-0.1, -0.05) is 18.2 Å². The number of aliphatic hydroxyl groups excluding tert-OH is 1. The number of hydrogen-bond donors (Lipinski definition) is 1. The molecule has 0 fully saturated rings. The van der Waals surface area contributed by atoms with Crippen LogP contribution in [0.25, 0.3) is 0 Å². The van der Waals surface area contributed by atoms with Crippen LogP contribution in [0, 0.1) is 5.82 Å². The highest BCUT2D eigenvalue weighted by Gasteiger charge is 2.10. The van der Waals surface area contributed by atoms with Gasteiger partial charge >= 0.3 is 0 Å². The lowest BCUT2D eigenvalue weighted by molar-refractivity contribution is 0.223. The zero-order chi connectivity index (χ0) is 9.14. The highest BCUT2D eigenvalue weighted by molar-refractivity contribution is 9.10. The average molecular weight is 231 g/mol. The van der Waals surface area contributed by atoms with Gasteiger partial charge in [-0.3, -0.25) is 0 Å². The van der Waals surface area contributed by atoms with Gasteiger partial charge in [-0.2, -0.15) is 0 Å². The van der Waals surface area contributed by atoms with E-state index in [0.29, 0.717) is 4.47 Å². The Morgan fingerprint density at radius 2 is 2.25 bits per heavy atom. The van der Waals surface area contributed by atoms with E-state index in [1.165, 1.54) is 12.1 Å². The third kappa shape index (κ3) is 1.73. The molecule has 1 atom stereocenters. The van der Waals surface area contributed by atoms with Crippen LogP contribution in [0.2, 0.25) is 0 Å². The van der Waals surface area contributed by atoms with Crippen LogP contribution in [0.3, 0.4) is 0 Å². The Labute approximate surface area is 78.7 Å². The maximum Gasteiger partial charge on any atom is 0.143 e.